The van der Waals surface area contributed by atoms with Crippen LogP contribution in [-0.4, -0.2) is 24.8 Å². The Balaban J connectivity index is 1.29. The third kappa shape index (κ3) is 2.68. The Bertz CT molecular complexity index is 464. The fourth-order valence-corrected chi connectivity index (χ4v) is 4.01. The van der Waals surface area contributed by atoms with Crippen molar-refractivity contribution >= 4 is 15.9 Å². The van der Waals surface area contributed by atoms with E-state index in [2.05, 4.69) is 45.5 Å². The van der Waals surface area contributed by atoms with E-state index in [1.807, 2.05) is 0 Å². The highest BCUT2D eigenvalue weighted by Crippen LogP contribution is 2.41. The molecule has 3 aliphatic rings. The summed E-state index contributed by atoms with van der Waals surface area (Å²) in [6.45, 7) is 0.960. The molecule has 20 heavy (non-hydrogen) atoms. The van der Waals surface area contributed by atoms with Crippen LogP contribution in [0.1, 0.15) is 43.6 Å². The summed E-state index contributed by atoms with van der Waals surface area (Å²) in [6, 6.07) is 10.2. The number of rotatable bonds is 4. The van der Waals surface area contributed by atoms with Crippen molar-refractivity contribution in [3.05, 3.63) is 34.3 Å². The van der Waals surface area contributed by atoms with Crippen molar-refractivity contribution in [2.24, 2.45) is 5.92 Å². The molecule has 4 rings (SSSR count). The van der Waals surface area contributed by atoms with E-state index >= 15 is 0 Å². The summed E-state index contributed by atoms with van der Waals surface area (Å²) >= 11 is 3.50. The highest BCUT2D eigenvalue weighted by atomic mass is 79.9. The van der Waals surface area contributed by atoms with Gasteiger partial charge in [0.25, 0.3) is 0 Å². The Labute approximate surface area is 129 Å². The van der Waals surface area contributed by atoms with Crippen molar-refractivity contribution in [2.75, 3.05) is 6.61 Å². The van der Waals surface area contributed by atoms with Gasteiger partial charge in [0.1, 0.15) is 0 Å². The maximum absolute atomic E-state index is 5.92. The standard InChI is InChI=1S/C17H22BrNO/c18-14-5-3-11(4-6-14)13-9-15(10-13)19-16-7-8-20-17(16)12-1-2-12/h3-6,12-13,15-17,19H,1-2,7-10H2. The first-order valence-corrected chi connectivity index (χ1v) is 8.72. The minimum atomic E-state index is 0.515. The Morgan fingerprint density at radius 3 is 2.50 bits per heavy atom. The maximum atomic E-state index is 5.92. The monoisotopic (exact) mass is 335 g/mol. The van der Waals surface area contributed by atoms with Gasteiger partial charge in [0.05, 0.1) is 6.10 Å². The summed E-state index contributed by atoms with van der Waals surface area (Å²) < 4.78 is 7.09. The zero-order valence-electron chi connectivity index (χ0n) is 11.7. The van der Waals surface area contributed by atoms with Crippen molar-refractivity contribution < 1.29 is 4.74 Å². The van der Waals surface area contributed by atoms with E-state index in [1.165, 1.54) is 42.1 Å². The molecule has 3 fully saturated rings. The van der Waals surface area contributed by atoms with Crippen LogP contribution in [0, 0.1) is 5.92 Å². The van der Waals surface area contributed by atoms with Crippen LogP contribution in [0.5, 0.6) is 0 Å². The fourth-order valence-electron chi connectivity index (χ4n) is 3.74. The molecule has 1 saturated heterocycles. The summed E-state index contributed by atoms with van der Waals surface area (Å²) in [5.41, 5.74) is 1.49. The number of nitrogens with one attached hydrogen (secondary N) is 1. The molecule has 0 spiro atoms. The van der Waals surface area contributed by atoms with Crippen LogP contribution in [0.2, 0.25) is 0 Å². The normalized spacial score (nSPS) is 36.9. The first kappa shape index (κ1) is 13.3. The van der Waals surface area contributed by atoms with Crippen molar-refractivity contribution in [1.82, 2.24) is 5.32 Å². The molecule has 1 aliphatic heterocycles. The highest BCUT2D eigenvalue weighted by molar-refractivity contribution is 9.10. The second-order valence-electron chi connectivity index (χ2n) is 6.65. The molecule has 2 aliphatic carbocycles. The van der Waals surface area contributed by atoms with E-state index in [0.29, 0.717) is 18.2 Å². The van der Waals surface area contributed by atoms with Crippen molar-refractivity contribution in [3.8, 4) is 0 Å². The first-order chi connectivity index (χ1) is 9.79. The molecule has 2 atom stereocenters. The molecule has 0 bridgehead atoms. The van der Waals surface area contributed by atoms with Crippen molar-refractivity contribution in [2.45, 2.75) is 56.2 Å². The van der Waals surface area contributed by atoms with Crippen LogP contribution in [-0.2, 0) is 4.74 Å². The smallest absolute Gasteiger partial charge is 0.0757 e. The molecule has 0 aromatic heterocycles. The summed E-state index contributed by atoms with van der Waals surface area (Å²) in [6.07, 6.45) is 7.07. The Morgan fingerprint density at radius 2 is 1.80 bits per heavy atom. The summed E-state index contributed by atoms with van der Waals surface area (Å²) in [4.78, 5) is 0. The van der Waals surface area contributed by atoms with E-state index in [4.69, 9.17) is 4.74 Å². The van der Waals surface area contributed by atoms with Crippen molar-refractivity contribution in [3.63, 3.8) is 0 Å². The van der Waals surface area contributed by atoms with Gasteiger partial charge in [-0.1, -0.05) is 28.1 Å². The first-order valence-electron chi connectivity index (χ1n) is 7.93. The molecular weight excluding hydrogens is 314 g/mol. The predicted octanol–water partition coefficient (Wildman–Crippen LogP) is 3.85. The second-order valence-corrected chi connectivity index (χ2v) is 7.57. The lowest BCUT2D eigenvalue weighted by Gasteiger charge is -2.39. The number of ether oxygens (including phenoxy) is 1. The topological polar surface area (TPSA) is 21.3 Å². The van der Waals surface area contributed by atoms with Crippen LogP contribution in [0.4, 0.5) is 0 Å². The zero-order chi connectivity index (χ0) is 13.5. The molecule has 1 aromatic carbocycles. The second kappa shape index (κ2) is 5.43. The van der Waals surface area contributed by atoms with Crippen molar-refractivity contribution in [1.29, 1.82) is 0 Å². The fraction of sp³-hybridized carbons (Fsp3) is 0.647. The van der Waals surface area contributed by atoms with Gasteiger partial charge in [-0.15, -0.1) is 0 Å². The van der Waals surface area contributed by atoms with Gasteiger partial charge in [0.2, 0.25) is 0 Å². The lowest BCUT2D eigenvalue weighted by atomic mass is 9.75. The third-order valence-corrected chi connectivity index (χ3v) is 5.68. The molecule has 1 heterocycles. The molecule has 2 unspecified atom stereocenters. The van der Waals surface area contributed by atoms with E-state index in [1.54, 1.807) is 0 Å². The molecule has 2 saturated carbocycles. The Kier molecular flexibility index (Phi) is 3.61. The molecular formula is C17H22BrNO. The Hall–Kier alpha value is -0.380. The third-order valence-electron chi connectivity index (χ3n) is 5.15. The molecule has 1 aromatic rings. The van der Waals surface area contributed by atoms with E-state index in [9.17, 15) is 0 Å². The predicted molar refractivity (Wildman–Crippen MR) is 83.9 cm³/mol. The van der Waals surface area contributed by atoms with Crippen LogP contribution in [0.3, 0.4) is 0 Å². The molecule has 1 N–H and O–H groups in total. The number of hydrogen-bond acceptors (Lipinski definition) is 2. The van der Waals surface area contributed by atoms with Crippen LogP contribution in [0.25, 0.3) is 0 Å². The minimum absolute atomic E-state index is 0.515. The van der Waals surface area contributed by atoms with E-state index in [-0.39, 0.29) is 0 Å². The maximum Gasteiger partial charge on any atom is 0.0757 e. The molecule has 108 valence electrons. The van der Waals surface area contributed by atoms with Gasteiger partial charge in [-0.25, -0.2) is 0 Å². The number of benzene rings is 1. The van der Waals surface area contributed by atoms with Gasteiger partial charge in [-0.05, 0) is 61.6 Å². The average molecular weight is 336 g/mol. The average Bonchev–Trinajstić information content (AvgIpc) is 3.15. The molecule has 0 amide bonds. The van der Waals surface area contributed by atoms with Crippen LogP contribution >= 0.6 is 15.9 Å². The Morgan fingerprint density at radius 1 is 1.05 bits per heavy atom. The molecule has 3 heteroatoms. The van der Waals surface area contributed by atoms with Gasteiger partial charge in [0, 0.05) is 23.2 Å². The quantitative estimate of drug-likeness (QED) is 0.902. The lowest BCUT2D eigenvalue weighted by Crippen LogP contribution is -2.49. The van der Waals surface area contributed by atoms with E-state index in [0.717, 1.165) is 18.4 Å². The number of halogens is 1. The summed E-state index contributed by atoms with van der Waals surface area (Å²) in [5, 5.41) is 3.86. The van der Waals surface area contributed by atoms with Gasteiger partial charge in [-0.3, -0.25) is 0 Å². The summed E-state index contributed by atoms with van der Waals surface area (Å²) in [5.74, 6) is 1.61. The zero-order valence-corrected chi connectivity index (χ0v) is 13.3. The molecule has 0 radical (unpaired) electrons. The van der Waals surface area contributed by atoms with Crippen LogP contribution in [0.15, 0.2) is 28.7 Å². The van der Waals surface area contributed by atoms with Crippen LogP contribution < -0.4 is 5.32 Å². The van der Waals surface area contributed by atoms with Gasteiger partial charge in [-0.2, -0.15) is 0 Å². The summed E-state index contributed by atoms with van der Waals surface area (Å²) in [7, 11) is 0. The highest BCUT2D eigenvalue weighted by Gasteiger charge is 2.42. The van der Waals surface area contributed by atoms with E-state index < -0.39 is 0 Å². The lowest BCUT2D eigenvalue weighted by molar-refractivity contribution is 0.0749. The largest absolute Gasteiger partial charge is 0.376 e. The van der Waals surface area contributed by atoms with Gasteiger partial charge >= 0.3 is 0 Å². The SMILES string of the molecule is Brc1ccc(C2CC(NC3CCOC3C3CC3)C2)cc1. The number of hydrogen-bond donors (Lipinski definition) is 1. The minimum Gasteiger partial charge on any atom is -0.376 e. The van der Waals surface area contributed by atoms with Gasteiger partial charge in [0.15, 0.2) is 0 Å². The molecule has 2 nitrogen and oxygen atoms in total. The van der Waals surface area contributed by atoms with Gasteiger partial charge < -0.3 is 10.1 Å².